The molecule has 1 aromatic carbocycles. The first-order valence-corrected chi connectivity index (χ1v) is 7.83. The lowest BCUT2D eigenvalue weighted by atomic mass is 10.1. The molecular formula is C15H23NO2S. The van der Waals surface area contributed by atoms with Crippen LogP contribution in [0.15, 0.2) is 29.2 Å². The van der Waals surface area contributed by atoms with Crippen LogP contribution in [0.1, 0.15) is 30.6 Å². The van der Waals surface area contributed by atoms with Gasteiger partial charge in [0, 0.05) is 29.7 Å². The summed E-state index contributed by atoms with van der Waals surface area (Å²) in [5.74, 6) is 0.138. The number of hydrogen-bond donors (Lipinski definition) is 1. The zero-order chi connectivity index (χ0) is 14.3. The predicted octanol–water partition coefficient (Wildman–Crippen LogP) is 2.68. The van der Waals surface area contributed by atoms with Crippen molar-refractivity contribution in [1.82, 2.24) is 4.90 Å². The van der Waals surface area contributed by atoms with E-state index < -0.39 is 0 Å². The molecule has 0 spiro atoms. The first-order valence-electron chi connectivity index (χ1n) is 6.60. The highest BCUT2D eigenvalue weighted by Crippen LogP contribution is 2.15. The van der Waals surface area contributed by atoms with Crippen LogP contribution in [-0.4, -0.2) is 47.8 Å². The molecule has 0 amide bonds. The zero-order valence-electron chi connectivity index (χ0n) is 11.9. The Balaban J connectivity index is 2.64. The van der Waals surface area contributed by atoms with Gasteiger partial charge in [-0.2, -0.15) is 0 Å². The minimum Gasteiger partial charge on any atom is -0.396 e. The van der Waals surface area contributed by atoms with Crippen molar-refractivity contribution in [2.45, 2.75) is 31.2 Å². The third-order valence-corrected chi connectivity index (χ3v) is 3.84. The summed E-state index contributed by atoms with van der Waals surface area (Å²) in [6.07, 6.45) is 2.73. The third kappa shape index (κ3) is 5.35. The van der Waals surface area contributed by atoms with Crippen LogP contribution in [0.25, 0.3) is 0 Å². The van der Waals surface area contributed by atoms with Crippen molar-refractivity contribution in [3.8, 4) is 0 Å². The molecule has 19 heavy (non-hydrogen) atoms. The van der Waals surface area contributed by atoms with Gasteiger partial charge in [-0.25, -0.2) is 0 Å². The molecule has 3 nitrogen and oxygen atoms in total. The van der Waals surface area contributed by atoms with Gasteiger partial charge < -0.3 is 5.11 Å². The van der Waals surface area contributed by atoms with Crippen LogP contribution in [0.5, 0.6) is 0 Å². The van der Waals surface area contributed by atoms with E-state index in [4.69, 9.17) is 5.11 Å². The molecule has 1 aromatic rings. The normalized spacial score (nSPS) is 11.3. The molecule has 0 fully saturated rings. The van der Waals surface area contributed by atoms with Crippen LogP contribution in [0.4, 0.5) is 0 Å². The lowest BCUT2D eigenvalue weighted by molar-refractivity contribution is 0.0896. The minimum absolute atomic E-state index is 0.138. The molecule has 0 unspecified atom stereocenters. The zero-order valence-corrected chi connectivity index (χ0v) is 12.7. The molecule has 0 radical (unpaired) electrons. The Kier molecular flexibility index (Phi) is 7.13. The number of nitrogens with zero attached hydrogens (tertiary/aromatic N) is 1. The van der Waals surface area contributed by atoms with E-state index in [1.54, 1.807) is 11.8 Å². The first kappa shape index (κ1) is 16.2. The van der Waals surface area contributed by atoms with Crippen LogP contribution < -0.4 is 0 Å². The van der Waals surface area contributed by atoms with Crippen molar-refractivity contribution in [2.24, 2.45) is 0 Å². The van der Waals surface area contributed by atoms with Crippen LogP contribution in [0.2, 0.25) is 0 Å². The number of carbonyl (C=O) groups excluding carboxylic acids is 1. The van der Waals surface area contributed by atoms with Gasteiger partial charge in [0.05, 0.1) is 6.54 Å². The fraction of sp³-hybridized carbons (Fsp3) is 0.533. The quantitative estimate of drug-likeness (QED) is 0.587. The highest BCUT2D eigenvalue weighted by atomic mass is 32.2. The molecule has 0 aromatic heterocycles. The second-order valence-electron chi connectivity index (χ2n) is 4.79. The Morgan fingerprint density at radius 3 is 2.42 bits per heavy atom. The molecule has 1 N–H and O–H groups in total. The van der Waals surface area contributed by atoms with Gasteiger partial charge in [0.1, 0.15) is 0 Å². The smallest absolute Gasteiger partial charge is 0.176 e. The molecule has 0 saturated heterocycles. The van der Waals surface area contributed by atoms with E-state index >= 15 is 0 Å². The Morgan fingerprint density at radius 1 is 1.32 bits per heavy atom. The van der Waals surface area contributed by atoms with Crippen molar-refractivity contribution < 1.29 is 9.90 Å². The molecule has 0 saturated carbocycles. The average molecular weight is 281 g/mol. The van der Waals surface area contributed by atoms with E-state index in [1.807, 2.05) is 30.5 Å². The Morgan fingerprint density at radius 2 is 1.95 bits per heavy atom. The largest absolute Gasteiger partial charge is 0.396 e. The number of rotatable bonds is 8. The van der Waals surface area contributed by atoms with Gasteiger partial charge in [-0.05, 0) is 38.7 Å². The standard InChI is InChI=1S/C15H23NO2S/c1-12(2)16(9-4-10-17)11-15(18)13-5-7-14(19-3)8-6-13/h5-8,12,17H,4,9-11H2,1-3H3. The molecular weight excluding hydrogens is 258 g/mol. The maximum atomic E-state index is 12.2. The SMILES string of the molecule is CSc1ccc(C(=O)CN(CCCO)C(C)C)cc1. The summed E-state index contributed by atoms with van der Waals surface area (Å²) in [5.41, 5.74) is 0.757. The van der Waals surface area contributed by atoms with Crippen molar-refractivity contribution in [1.29, 1.82) is 0 Å². The molecule has 0 atom stereocenters. The molecule has 0 aliphatic heterocycles. The van der Waals surface area contributed by atoms with E-state index in [0.29, 0.717) is 19.0 Å². The Hall–Kier alpha value is -0.840. The fourth-order valence-electron chi connectivity index (χ4n) is 1.85. The molecule has 1 rings (SSSR count). The van der Waals surface area contributed by atoms with Gasteiger partial charge in [0.15, 0.2) is 5.78 Å². The predicted molar refractivity (Wildman–Crippen MR) is 81.0 cm³/mol. The number of Topliss-reactive ketones (excluding diaryl/α,β-unsaturated/α-hetero) is 1. The molecule has 0 aliphatic carbocycles. The van der Waals surface area contributed by atoms with Gasteiger partial charge in [0.2, 0.25) is 0 Å². The minimum atomic E-state index is 0.138. The van der Waals surface area contributed by atoms with E-state index in [1.165, 1.54) is 0 Å². The van der Waals surface area contributed by atoms with Gasteiger partial charge >= 0.3 is 0 Å². The van der Waals surface area contributed by atoms with Crippen LogP contribution in [-0.2, 0) is 0 Å². The summed E-state index contributed by atoms with van der Waals surface area (Å²) < 4.78 is 0. The second-order valence-corrected chi connectivity index (χ2v) is 5.67. The fourth-order valence-corrected chi connectivity index (χ4v) is 2.25. The number of thioether (sulfide) groups is 1. The van der Waals surface area contributed by atoms with E-state index in [2.05, 4.69) is 18.7 Å². The first-order chi connectivity index (χ1) is 9.08. The number of hydrogen-bond acceptors (Lipinski definition) is 4. The summed E-state index contributed by atoms with van der Waals surface area (Å²) in [6.45, 7) is 5.47. The molecule has 106 valence electrons. The van der Waals surface area contributed by atoms with Crippen molar-refractivity contribution in [3.63, 3.8) is 0 Å². The van der Waals surface area contributed by atoms with E-state index in [9.17, 15) is 4.79 Å². The van der Waals surface area contributed by atoms with Crippen LogP contribution in [0, 0.1) is 0 Å². The van der Waals surface area contributed by atoms with Gasteiger partial charge in [-0.3, -0.25) is 9.69 Å². The summed E-state index contributed by atoms with van der Waals surface area (Å²) in [4.78, 5) is 15.5. The Bertz CT molecular complexity index is 390. The maximum absolute atomic E-state index is 12.2. The number of carbonyl (C=O) groups is 1. The van der Waals surface area contributed by atoms with Crippen molar-refractivity contribution in [2.75, 3.05) is 26.0 Å². The highest BCUT2D eigenvalue weighted by Gasteiger charge is 2.14. The number of ketones is 1. The molecule has 0 aliphatic rings. The maximum Gasteiger partial charge on any atom is 0.176 e. The van der Waals surface area contributed by atoms with Crippen LogP contribution >= 0.6 is 11.8 Å². The summed E-state index contributed by atoms with van der Waals surface area (Å²) in [7, 11) is 0. The number of benzene rings is 1. The molecule has 0 bridgehead atoms. The molecule has 0 heterocycles. The third-order valence-electron chi connectivity index (χ3n) is 3.09. The summed E-state index contributed by atoms with van der Waals surface area (Å²) in [6, 6.07) is 8.04. The van der Waals surface area contributed by atoms with Crippen molar-refractivity contribution >= 4 is 17.5 Å². The van der Waals surface area contributed by atoms with Gasteiger partial charge in [0.25, 0.3) is 0 Å². The number of aliphatic hydroxyl groups excluding tert-OH is 1. The van der Waals surface area contributed by atoms with E-state index in [0.717, 1.165) is 17.0 Å². The molecule has 4 heteroatoms. The van der Waals surface area contributed by atoms with Crippen LogP contribution in [0.3, 0.4) is 0 Å². The highest BCUT2D eigenvalue weighted by molar-refractivity contribution is 7.98. The topological polar surface area (TPSA) is 40.5 Å². The van der Waals surface area contributed by atoms with Gasteiger partial charge in [-0.15, -0.1) is 11.8 Å². The average Bonchev–Trinajstić information content (AvgIpc) is 2.43. The number of aliphatic hydroxyl groups is 1. The van der Waals surface area contributed by atoms with Crippen molar-refractivity contribution in [3.05, 3.63) is 29.8 Å². The van der Waals surface area contributed by atoms with Gasteiger partial charge in [-0.1, -0.05) is 12.1 Å². The second kappa shape index (κ2) is 8.35. The Labute approximate surface area is 120 Å². The van der Waals surface area contributed by atoms with E-state index in [-0.39, 0.29) is 12.4 Å². The lowest BCUT2D eigenvalue weighted by Crippen LogP contribution is -2.36. The lowest BCUT2D eigenvalue weighted by Gasteiger charge is -2.25. The summed E-state index contributed by atoms with van der Waals surface area (Å²) >= 11 is 1.67. The summed E-state index contributed by atoms with van der Waals surface area (Å²) in [5, 5.41) is 8.89. The monoisotopic (exact) mass is 281 g/mol.